The predicted octanol–water partition coefficient (Wildman–Crippen LogP) is 1.95. The van der Waals surface area contributed by atoms with E-state index in [2.05, 4.69) is 0 Å². The van der Waals surface area contributed by atoms with Crippen LogP contribution in [0.25, 0.3) is 0 Å². The molecule has 2 N–H and O–H groups in total. The molecule has 0 heterocycles. The Labute approximate surface area is 75.6 Å². The van der Waals surface area contributed by atoms with Gasteiger partial charge in [0, 0.05) is 5.41 Å². The summed E-state index contributed by atoms with van der Waals surface area (Å²) in [4.78, 5) is 0. The smallest absolute Gasteiger partial charge is 0.0509 e. The van der Waals surface area contributed by atoms with E-state index in [1.165, 1.54) is 19.3 Å². The zero-order valence-electron chi connectivity index (χ0n) is 8.34. The molecule has 0 aliphatic heterocycles. The Hall–Kier alpha value is -0.0800. The Morgan fingerprint density at radius 2 is 1.33 bits per heavy atom. The summed E-state index contributed by atoms with van der Waals surface area (Å²) in [5.41, 5.74) is -0.127. The second kappa shape index (κ2) is 6.44. The topological polar surface area (TPSA) is 40.5 Å². The monoisotopic (exact) mass is 174 g/mol. The van der Waals surface area contributed by atoms with E-state index >= 15 is 0 Å². The second-order valence-electron chi connectivity index (χ2n) is 3.38. The summed E-state index contributed by atoms with van der Waals surface area (Å²) in [6.45, 7) is 4.31. The van der Waals surface area contributed by atoms with Crippen molar-refractivity contribution in [1.82, 2.24) is 0 Å². The summed E-state index contributed by atoms with van der Waals surface area (Å²) in [6.07, 6.45) is 5.60. The third-order valence-corrected chi connectivity index (χ3v) is 2.59. The van der Waals surface area contributed by atoms with Crippen molar-refractivity contribution < 1.29 is 10.2 Å². The lowest BCUT2D eigenvalue weighted by Gasteiger charge is -2.33. The van der Waals surface area contributed by atoms with Crippen LogP contribution < -0.4 is 0 Å². The van der Waals surface area contributed by atoms with Crippen molar-refractivity contribution in [2.45, 2.75) is 46.0 Å². The van der Waals surface area contributed by atoms with Crippen molar-refractivity contribution in [2.24, 2.45) is 5.41 Å². The van der Waals surface area contributed by atoms with Gasteiger partial charge in [-0.2, -0.15) is 0 Å². The summed E-state index contributed by atoms with van der Waals surface area (Å²) in [5, 5.41) is 18.0. The molecule has 1 fully saturated rings. The fourth-order valence-electron chi connectivity index (χ4n) is 1.67. The van der Waals surface area contributed by atoms with Crippen molar-refractivity contribution in [3.8, 4) is 0 Å². The summed E-state index contributed by atoms with van der Waals surface area (Å²) in [7, 11) is 0. The molecule has 0 aromatic carbocycles. The molecule has 1 aliphatic carbocycles. The van der Waals surface area contributed by atoms with E-state index in [1.54, 1.807) is 0 Å². The molecule has 2 heteroatoms. The Balaban J connectivity index is 0.000000561. The summed E-state index contributed by atoms with van der Waals surface area (Å²) in [6, 6.07) is 0. The van der Waals surface area contributed by atoms with Gasteiger partial charge in [0.1, 0.15) is 0 Å². The van der Waals surface area contributed by atoms with E-state index in [4.69, 9.17) is 10.2 Å². The van der Waals surface area contributed by atoms with Gasteiger partial charge in [-0.05, 0) is 12.8 Å². The van der Waals surface area contributed by atoms with Gasteiger partial charge in [0.25, 0.3) is 0 Å². The average Bonchev–Trinajstić information content (AvgIpc) is 2.22. The van der Waals surface area contributed by atoms with Crippen molar-refractivity contribution in [2.75, 3.05) is 13.2 Å². The minimum atomic E-state index is -0.127. The van der Waals surface area contributed by atoms with E-state index in [1.807, 2.05) is 13.8 Å². The first-order valence-electron chi connectivity index (χ1n) is 5.05. The molecule has 0 aromatic heterocycles. The lowest BCUT2D eigenvalue weighted by molar-refractivity contribution is 0.0234. The summed E-state index contributed by atoms with van der Waals surface area (Å²) in [5.74, 6) is 0. The second-order valence-corrected chi connectivity index (χ2v) is 3.38. The van der Waals surface area contributed by atoms with Crippen molar-refractivity contribution in [3.63, 3.8) is 0 Å². The van der Waals surface area contributed by atoms with Crippen molar-refractivity contribution in [1.29, 1.82) is 0 Å². The average molecular weight is 174 g/mol. The number of rotatable bonds is 2. The first-order valence-corrected chi connectivity index (χ1v) is 5.05. The van der Waals surface area contributed by atoms with E-state index in [-0.39, 0.29) is 18.6 Å². The van der Waals surface area contributed by atoms with E-state index < -0.39 is 0 Å². The van der Waals surface area contributed by atoms with Gasteiger partial charge in [-0.3, -0.25) is 0 Å². The van der Waals surface area contributed by atoms with Gasteiger partial charge in [-0.25, -0.2) is 0 Å². The maximum absolute atomic E-state index is 8.98. The maximum Gasteiger partial charge on any atom is 0.0509 e. The maximum atomic E-state index is 8.98. The zero-order chi connectivity index (χ0) is 9.45. The van der Waals surface area contributed by atoms with E-state index in [9.17, 15) is 0 Å². The molecule has 0 bridgehead atoms. The molecular formula is C10H22O2. The standard InChI is InChI=1S/C8H16O2.C2H6/c9-6-8(7-10)4-2-1-3-5-8;1-2/h9-10H,1-7H2;1-2H3. The Morgan fingerprint density at radius 3 is 1.58 bits per heavy atom. The van der Waals surface area contributed by atoms with Gasteiger partial charge in [0.2, 0.25) is 0 Å². The summed E-state index contributed by atoms with van der Waals surface area (Å²) < 4.78 is 0. The fraction of sp³-hybridized carbons (Fsp3) is 1.00. The largest absolute Gasteiger partial charge is 0.396 e. The van der Waals surface area contributed by atoms with Gasteiger partial charge in [-0.15, -0.1) is 0 Å². The van der Waals surface area contributed by atoms with Gasteiger partial charge in [-0.1, -0.05) is 33.1 Å². The number of hydrogen-bond donors (Lipinski definition) is 2. The van der Waals surface area contributed by atoms with Crippen LogP contribution in [0.3, 0.4) is 0 Å². The normalized spacial score (nSPS) is 21.0. The Kier molecular flexibility index (Phi) is 6.39. The SMILES string of the molecule is CC.OCC1(CO)CCCCC1. The highest BCUT2D eigenvalue weighted by atomic mass is 16.3. The molecule has 12 heavy (non-hydrogen) atoms. The molecular weight excluding hydrogens is 152 g/mol. The molecule has 0 atom stereocenters. The third-order valence-electron chi connectivity index (χ3n) is 2.59. The molecule has 1 rings (SSSR count). The van der Waals surface area contributed by atoms with Crippen LogP contribution in [0.4, 0.5) is 0 Å². The molecule has 0 radical (unpaired) electrons. The molecule has 0 amide bonds. The van der Waals surface area contributed by atoms with Gasteiger partial charge < -0.3 is 10.2 Å². The van der Waals surface area contributed by atoms with Crippen molar-refractivity contribution in [3.05, 3.63) is 0 Å². The molecule has 0 saturated heterocycles. The highest BCUT2D eigenvalue weighted by molar-refractivity contribution is 4.80. The Bertz CT molecular complexity index is 90.0. The van der Waals surface area contributed by atoms with Gasteiger partial charge in [0.05, 0.1) is 13.2 Å². The van der Waals surface area contributed by atoms with Crippen LogP contribution in [-0.4, -0.2) is 23.4 Å². The van der Waals surface area contributed by atoms with Crippen LogP contribution in [0, 0.1) is 5.41 Å². The summed E-state index contributed by atoms with van der Waals surface area (Å²) >= 11 is 0. The van der Waals surface area contributed by atoms with Gasteiger partial charge >= 0.3 is 0 Å². The minimum Gasteiger partial charge on any atom is -0.396 e. The zero-order valence-corrected chi connectivity index (χ0v) is 8.34. The first kappa shape index (κ1) is 11.9. The van der Waals surface area contributed by atoms with Crippen LogP contribution in [0.5, 0.6) is 0 Å². The molecule has 0 spiro atoms. The van der Waals surface area contributed by atoms with Crippen LogP contribution >= 0.6 is 0 Å². The molecule has 74 valence electrons. The Morgan fingerprint density at radius 1 is 0.917 bits per heavy atom. The third kappa shape index (κ3) is 3.11. The van der Waals surface area contributed by atoms with Crippen LogP contribution in [-0.2, 0) is 0 Å². The van der Waals surface area contributed by atoms with Crippen LogP contribution in [0.15, 0.2) is 0 Å². The molecule has 1 saturated carbocycles. The van der Waals surface area contributed by atoms with Gasteiger partial charge in [0.15, 0.2) is 0 Å². The van der Waals surface area contributed by atoms with E-state index in [0.717, 1.165) is 12.8 Å². The highest BCUT2D eigenvalue weighted by Crippen LogP contribution is 2.34. The first-order chi connectivity index (χ1) is 5.83. The minimum absolute atomic E-state index is 0.127. The highest BCUT2D eigenvalue weighted by Gasteiger charge is 2.30. The molecule has 0 aromatic rings. The lowest BCUT2D eigenvalue weighted by atomic mass is 9.75. The quantitative estimate of drug-likeness (QED) is 0.671. The molecule has 2 nitrogen and oxygen atoms in total. The molecule has 0 unspecified atom stereocenters. The van der Waals surface area contributed by atoms with E-state index in [0.29, 0.717) is 0 Å². The molecule has 1 aliphatic rings. The number of hydrogen-bond acceptors (Lipinski definition) is 2. The van der Waals surface area contributed by atoms with Crippen LogP contribution in [0.2, 0.25) is 0 Å². The van der Waals surface area contributed by atoms with Crippen molar-refractivity contribution >= 4 is 0 Å². The fourth-order valence-corrected chi connectivity index (χ4v) is 1.67. The number of aliphatic hydroxyl groups is 2. The van der Waals surface area contributed by atoms with Crippen LogP contribution in [0.1, 0.15) is 46.0 Å². The predicted molar refractivity (Wildman–Crippen MR) is 51.0 cm³/mol. The lowest BCUT2D eigenvalue weighted by Crippen LogP contribution is -2.31. The number of aliphatic hydroxyl groups excluding tert-OH is 2.